The van der Waals surface area contributed by atoms with Crippen molar-refractivity contribution >= 4 is 17.4 Å². The quantitative estimate of drug-likeness (QED) is 0.809. The minimum absolute atomic E-state index is 0.285. The Morgan fingerprint density at radius 2 is 2.21 bits per heavy atom. The fourth-order valence-corrected chi connectivity index (χ4v) is 2.11. The molecule has 0 radical (unpaired) electrons. The highest BCUT2D eigenvalue weighted by Gasteiger charge is 2.21. The Bertz CT molecular complexity index is 447. The third-order valence-corrected chi connectivity index (χ3v) is 3.42. The van der Waals surface area contributed by atoms with Gasteiger partial charge >= 0.3 is 0 Å². The van der Waals surface area contributed by atoms with Crippen LogP contribution in [0.1, 0.15) is 26.7 Å². The third kappa shape index (κ3) is 3.66. The van der Waals surface area contributed by atoms with Gasteiger partial charge in [-0.2, -0.15) is 0 Å². The molecule has 1 aliphatic rings. The lowest BCUT2D eigenvalue weighted by Gasteiger charge is -2.21. The largest absolute Gasteiger partial charge is 0.360 e. The molecule has 1 aromatic rings. The van der Waals surface area contributed by atoms with E-state index in [0.717, 1.165) is 31.1 Å². The molecular formula is C14H22N4O. The van der Waals surface area contributed by atoms with Crippen LogP contribution in [0.4, 0.5) is 11.6 Å². The molecule has 1 aromatic heterocycles. The Hall–Kier alpha value is -1.65. The summed E-state index contributed by atoms with van der Waals surface area (Å²) in [5.74, 6) is 2.74. The molecule has 1 saturated heterocycles. The molecule has 0 N–H and O–H groups in total. The summed E-state index contributed by atoms with van der Waals surface area (Å²) in [6.07, 6.45) is 3.35. The smallest absolute Gasteiger partial charge is 0.153 e. The zero-order valence-electron chi connectivity index (χ0n) is 12.0. The topological polar surface area (TPSA) is 49.3 Å². The number of aromatic nitrogens is 2. The molecule has 0 aromatic carbocycles. The number of hydrogen-bond donors (Lipinski definition) is 0. The van der Waals surface area contributed by atoms with Crippen molar-refractivity contribution in [3.8, 4) is 0 Å². The Kier molecular flexibility index (Phi) is 4.35. The summed E-state index contributed by atoms with van der Waals surface area (Å²) in [5.41, 5.74) is 0. The molecule has 0 unspecified atom stereocenters. The molecule has 2 heterocycles. The van der Waals surface area contributed by atoms with Crippen molar-refractivity contribution in [2.24, 2.45) is 5.92 Å². The van der Waals surface area contributed by atoms with Crippen molar-refractivity contribution in [1.82, 2.24) is 9.97 Å². The summed E-state index contributed by atoms with van der Waals surface area (Å²) in [5, 5.41) is 0. The van der Waals surface area contributed by atoms with Gasteiger partial charge in [0.2, 0.25) is 0 Å². The molecule has 1 fully saturated rings. The maximum absolute atomic E-state index is 11.3. The number of Topliss-reactive ketones (excluding diaryl/α,β-unsaturated/α-hetero) is 1. The average molecular weight is 262 g/mol. The van der Waals surface area contributed by atoms with E-state index in [4.69, 9.17) is 0 Å². The summed E-state index contributed by atoms with van der Waals surface area (Å²) >= 11 is 0. The fraction of sp³-hybridized carbons (Fsp3) is 0.643. The number of rotatable bonds is 5. The van der Waals surface area contributed by atoms with Crippen LogP contribution < -0.4 is 9.80 Å². The highest BCUT2D eigenvalue weighted by molar-refractivity contribution is 5.86. The molecule has 104 valence electrons. The van der Waals surface area contributed by atoms with E-state index in [1.165, 1.54) is 0 Å². The zero-order valence-corrected chi connectivity index (χ0v) is 12.0. The molecule has 0 amide bonds. The van der Waals surface area contributed by atoms with Gasteiger partial charge in [-0.05, 0) is 12.3 Å². The van der Waals surface area contributed by atoms with Crippen LogP contribution in [0.15, 0.2) is 12.4 Å². The molecule has 0 saturated carbocycles. The molecular weight excluding hydrogens is 240 g/mol. The highest BCUT2D eigenvalue weighted by atomic mass is 16.1. The fourth-order valence-electron chi connectivity index (χ4n) is 2.11. The van der Waals surface area contributed by atoms with Crippen molar-refractivity contribution in [2.75, 3.05) is 36.5 Å². The van der Waals surface area contributed by atoms with Gasteiger partial charge in [-0.15, -0.1) is 0 Å². The molecule has 0 spiro atoms. The lowest BCUT2D eigenvalue weighted by molar-refractivity contribution is -0.116. The van der Waals surface area contributed by atoms with Crippen LogP contribution >= 0.6 is 0 Å². The van der Waals surface area contributed by atoms with Gasteiger partial charge in [0.1, 0.15) is 18.0 Å². The van der Waals surface area contributed by atoms with E-state index in [1.54, 1.807) is 6.33 Å². The van der Waals surface area contributed by atoms with Gasteiger partial charge in [0.15, 0.2) is 5.78 Å². The van der Waals surface area contributed by atoms with Crippen LogP contribution in [0.2, 0.25) is 0 Å². The van der Waals surface area contributed by atoms with E-state index >= 15 is 0 Å². The van der Waals surface area contributed by atoms with E-state index in [1.807, 2.05) is 18.0 Å². The van der Waals surface area contributed by atoms with Crippen LogP contribution in [0.25, 0.3) is 0 Å². The molecule has 1 aliphatic heterocycles. The first-order valence-corrected chi connectivity index (χ1v) is 6.86. The number of hydrogen-bond acceptors (Lipinski definition) is 5. The van der Waals surface area contributed by atoms with Crippen LogP contribution in [0.5, 0.6) is 0 Å². The minimum atomic E-state index is 0.285. The van der Waals surface area contributed by atoms with Gasteiger partial charge in [0.25, 0.3) is 0 Å². The molecule has 19 heavy (non-hydrogen) atoms. The zero-order chi connectivity index (χ0) is 13.8. The van der Waals surface area contributed by atoms with Gasteiger partial charge in [0, 0.05) is 32.6 Å². The maximum Gasteiger partial charge on any atom is 0.153 e. The summed E-state index contributed by atoms with van der Waals surface area (Å²) in [7, 11) is 2.05. The Balaban J connectivity index is 2.04. The Labute approximate surface area is 114 Å². The molecule has 2 rings (SSSR count). The predicted octanol–water partition coefficient (Wildman–Crippen LogP) is 1.74. The number of anilines is 2. The first-order valence-electron chi connectivity index (χ1n) is 6.86. The van der Waals surface area contributed by atoms with E-state index in [0.29, 0.717) is 18.9 Å². The average Bonchev–Trinajstić information content (AvgIpc) is 2.83. The summed E-state index contributed by atoms with van der Waals surface area (Å²) in [4.78, 5) is 24.1. The number of carbonyl (C=O) groups is 1. The summed E-state index contributed by atoms with van der Waals surface area (Å²) in [6.45, 7) is 6.66. The van der Waals surface area contributed by atoms with Gasteiger partial charge in [-0.1, -0.05) is 13.8 Å². The van der Waals surface area contributed by atoms with Crippen molar-refractivity contribution in [2.45, 2.75) is 26.7 Å². The van der Waals surface area contributed by atoms with Crippen molar-refractivity contribution < 1.29 is 4.79 Å². The van der Waals surface area contributed by atoms with Gasteiger partial charge in [-0.3, -0.25) is 4.79 Å². The molecule has 5 nitrogen and oxygen atoms in total. The second-order valence-corrected chi connectivity index (χ2v) is 5.55. The van der Waals surface area contributed by atoms with Crippen LogP contribution in [0, 0.1) is 5.92 Å². The van der Waals surface area contributed by atoms with Gasteiger partial charge in [0.05, 0.1) is 6.54 Å². The molecule has 0 aliphatic carbocycles. The van der Waals surface area contributed by atoms with Crippen LogP contribution in [-0.2, 0) is 4.79 Å². The first-order chi connectivity index (χ1) is 9.06. The lowest BCUT2D eigenvalue weighted by Crippen LogP contribution is -2.24. The van der Waals surface area contributed by atoms with E-state index in [-0.39, 0.29) is 5.78 Å². The number of nitrogens with zero attached hydrogens (tertiary/aromatic N) is 4. The summed E-state index contributed by atoms with van der Waals surface area (Å²) < 4.78 is 0. The van der Waals surface area contributed by atoms with Crippen LogP contribution in [0.3, 0.4) is 0 Å². The van der Waals surface area contributed by atoms with E-state index < -0.39 is 0 Å². The first kappa shape index (κ1) is 13.8. The normalized spacial score (nSPS) is 15.4. The molecule has 5 heteroatoms. The van der Waals surface area contributed by atoms with Gasteiger partial charge in [-0.25, -0.2) is 9.97 Å². The predicted molar refractivity (Wildman–Crippen MR) is 76.6 cm³/mol. The monoisotopic (exact) mass is 262 g/mol. The Morgan fingerprint density at radius 3 is 2.84 bits per heavy atom. The Morgan fingerprint density at radius 1 is 1.42 bits per heavy atom. The summed E-state index contributed by atoms with van der Waals surface area (Å²) in [6, 6.07) is 1.97. The SMILES string of the molecule is CC(C)CCN(C)c1cc(N2CCC(=O)C2)ncn1. The van der Waals surface area contributed by atoms with E-state index in [9.17, 15) is 4.79 Å². The van der Waals surface area contributed by atoms with Crippen molar-refractivity contribution in [3.05, 3.63) is 12.4 Å². The second-order valence-electron chi connectivity index (χ2n) is 5.55. The third-order valence-electron chi connectivity index (χ3n) is 3.42. The maximum atomic E-state index is 11.3. The minimum Gasteiger partial charge on any atom is -0.360 e. The van der Waals surface area contributed by atoms with Gasteiger partial charge < -0.3 is 9.80 Å². The number of carbonyl (C=O) groups excluding carboxylic acids is 1. The van der Waals surface area contributed by atoms with Crippen LogP contribution in [-0.4, -0.2) is 42.4 Å². The standard InChI is InChI=1S/C14H22N4O/c1-11(2)4-6-17(3)13-8-14(16-10-15-13)18-7-5-12(19)9-18/h8,10-11H,4-7,9H2,1-3H3. The van der Waals surface area contributed by atoms with Crippen molar-refractivity contribution in [1.29, 1.82) is 0 Å². The molecule has 0 bridgehead atoms. The lowest BCUT2D eigenvalue weighted by atomic mass is 10.1. The highest BCUT2D eigenvalue weighted by Crippen LogP contribution is 2.20. The van der Waals surface area contributed by atoms with E-state index in [2.05, 4.69) is 28.7 Å². The second kappa shape index (κ2) is 5.99. The number of ketones is 1. The van der Waals surface area contributed by atoms with Crippen molar-refractivity contribution in [3.63, 3.8) is 0 Å². The molecule has 0 atom stereocenters.